The number of unbranched alkanes of at least 4 members (excludes halogenated alkanes) is 13. The molecule has 0 bridgehead atoms. The summed E-state index contributed by atoms with van der Waals surface area (Å²) in [6, 6.07) is 0. The summed E-state index contributed by atoms with van der Waals surface area (Å²) < 4.78 is 16.6. The molecule has 0 aromatic heterocycles. The van der Waals surface area contributed by atoms with Crippen molar-refractivity contribution in [2.24, 2.45) is 0 Å². The highest BCUT2D eigenvalue weighted by atomic mass is 16.6. The minimum absolute atomic E-state index is 0.0992. The molecule has 0 saturated carbocycles. The number of hydrogen-bond acceptors (Lipinski definition) is 6. The lowest BCUT2D eigenvalue weighted by atomic mass is 10.1. The highest BCUT2D eigenvalue weighted by Crippen LogP contribution is 2.12. The van der Waals surface area contributed by atoms with Crippen LogP contribution in [0.3, 0.4) is 0 Å². The zero-order chi connectivity index (χ0) is 48.6. The first-order valence-corrected chi connectivity index (χ1v) is 26.7. The number of rotatable bonds is 46. The molecule has 1 atom stereocenters. The molecule has 0 aromatic rings. The SMILES string of the molecule is CC/C=C\C/C=C\C/C=C\C/C=C\C/C=C\C/C=C\C/C=C\C/C=C\C/C=C\CCCCCC(=O)OCC(COC(=O)CCCCCCC)OC(=O)CCCCCCC/C=C\C/C=C\CCC. The zero-order valence-electron chi connectivity index (χ0n) is 42.9. The molecule has 67 heavy (non-hydrogen) atoms. The summed E-state index contributed by atoms with van der Waals surface area (Å²) in [6.07, 6.45) is 76.3. The summed E-state index contributed by atoms with van der Waals surface area (Å²) in [4.78, 5) is 37.6. The number of hydrogen-bond donors (Lipinski definition) is 0. The molecule has 0 N–H and O–H groups in total. The van der Waals surface area contributed by atoms with Crippen molar-refractivity contribution in [2.75, 3.05) is 13.2 Å². The van der Waals surface area contributed by atoms with Crippen LogP contribution in [0.4, 0.5) is 0 Å². The maximum atomic E-state index is 12.7. The van der Waals surface area contributed by atoms with Gasteiger partial charge in [-0.3, -0.25) is 14.4 Å². The lowest BCUT2D eigenvalue weighted by molar-refractivity contribution is -0.167. The monoisotopic (exact) mass is 925 g/mol. The fraction of sp³-hybridized carbons (Fsp3) is 0.590. The second-order valence-corrected chi connectivity index (χ2v) is 17.1. The maximum absolute atomic E-state index is 12.7. The third-order valence-electron chi connectivity index (χ3n) is 10.6. The fourth-order valence-corrected chi connectivity index (χ4v) is 6.65. The van der Waals surface area contributed by atoms with E-state index in [0.717, 1.165) is 167 Å². The molecule has 0 aromatic carbocycles. The zero-order valence-corrected chi connectivity index (χ0v) is 42.9. The Morgan fingerprint density at radius 2 is 0.612 bits per heavy atom. The van der Waals surface area contributed by atoms with E-state index in [2.05, 4.69) is 154 Å². The summed E-state index contributed by atoms with van der Waals surface area (Å²) in [6.45, 7) is 6.31. The third-order valence-corrected chi connectivity index (χ3v) is 10.6. The van der Waals surface area contributed by atoms with Crippen LogP contribution >= 0.6 is 0 Å². The Labute approximate surface area is 411 Å². The van der Waals surface area contributed by atoms with Gasteiger partial charge in [0.1, 0.15) is 13.2 Å². The van der Waals surface area contributed by atoms with Crippen molar-refractivity contribution >= 4 is 17.9 Å². The van der Waals surface area contributed by atoms with E-state index in [1.807, 2.05) is 0 Å². The highest BCUT2D eigenvalue weighted by molar-refractivity contribution is 5.71. The molecule has 6 heteroatoms. The van der Waals surface area contributed by atoms with Crippen LogP contribution in [-0.2, 0) is 28.6 Å². The molecule has 0 rings (SSSR count). The van der Waals surface area contributed by atoms with Crippen molar-refractivity contribution in [2.45, 2.75) is 219 Å². The van der Waals surface area contributed by atoms with E-state index in [0.29, 0.717) is 19.3 Å². The number of allylic oxidation sites excluding steroid dienone is 22. The Morgan fingerprint density at radius 1 is 0.313 bits per heavy atom. The second-order valence-electron chi connectivity index (χ2n) is 17.1. The van der Waals surface area contributed by atoms with Gasteiger partial charge in [-0.1, -0.05) is 212 Å². The predicted octanol–water partition coefficient (Wildman–Crippen LogP) is 17.9. The summed E-state index contributed by atoms with van der Waals surface area (Å²) >= 11 is 0. The van der Waals surface area contributed by atoms with E-state index < -0.39 is 6.10 Å². The summed E-state index contributed by atoms with van der Waals surface area (Å²) in [5.74, 6) is -0.973. The van der Waals surface area contributed by atoms with Crippen LogP contribution in [0.25, 0.3) is 0 Å². The van der Waals surface area contributed by atoms with E-state index >= 15 is 0 Å². The smallest absolute Gasteiger partial charge is 0.306 e. The molecule has 1 unspecified atom stereocenters. The second kappa shape index (κ2) is 54.2. The first-order chi connectivity index (χ1) is 33.0. The molecule has 0 aliphatic carbocycles. The van der Waals surface area contributed by atoms with Gasteiger partial charge < -0.3 is 14.2 Å². The van der Waals surface area contributed by atoms with Gasteiger partial charge in [-0.25, -0.2) is 0 Å². The first-order valence-electron chi connectivity index (χ1n) is 26.7. The summed E-state index contributed by atoms with van der Waals surface area (Å²) in [7, 11) is 0. The standard InChI is InChI=1S/C61H96O6/c1-4-7-10-13-15-17-19-21-22-23-24-25-26-27-28-29-30-31-32-33-34-35-36-37-38-40-41-43-45-48-51-54-60(63)66-57-58(56-65-59(62)53-50-47-12-9-6-3)67-61(64)55-52-49-46-44-42-39-20-18-16-14-11-8-5-2/h7,10-11,14-15,17-18,20-22,24-25,27-28,30-31,33-34,36-37,40-41,58H,4-6,8-9,12-13,16,19,23,26,29,32,35,38-39,42-57H2,1-3H3/b10-7-,14-11-,17-15-,20-18-,22-21-,25-24-,28-27-,31-30-,34-33-,37-36-,41-40-. The van der Waals surface area contributed by atoms with Crippen molar-refractivity contribution in [1.29, 1.82) is 0 Å². The van der Waals surface area contributed by atoms with E-state index in [1.54, 1.807) is 0 Å². The molecular formula is C61H96O6. The van der Waals surface area contributed by atoms with Gasteiger partial charge in [-0.15, -0.1) is 0 Å². The van der Waals surface area contributed by atoms with Crippen molar-refractivity contribution in [3.8, 4) is 0 Å². The normalized spacial score (nSPS) is 13.2. The predicted molar refractivity (Wildman–Crippen MR) is 288 cm³/mol. The average molecular weight is 925 g/mol. The van der Waals surface area contributed by atoms with Crippen LogP contribution < -0.4 is 0 Å². The number of esters is 3. The van der Waals surface area contributed by atoms with E-state index in [1.165, 1.54) is 6.42 Å². The quantitative estimate of drug-likeness (QED) is 0.0262. The lowest BCUT2D eigenvalue weighted by Gasteiger charge is -2.18. The molecule has 0 saturated heterocycles. The van der Waals surface area contributed by atoms with Gasteiger partial charge in [-0.05, 0) is 116 Å². The molecular weight excluding hydrogens is 829 g/mol. The van der Waals surface area contributed by atoms with Crippen LogP contribution in [0, 0.1) is 0 Å². The van der Waals surface area contributed by atoms with Crippen LogP contribution in [0.5, 0.6) is 0 Å². The van der Waals surface area contributed by atoms with Crippen molar-refractivity contribution in [3.05, 3.63) is 134 Å². The third kappa shape index (κ3) is 52.4. The Hall–Kier alpha value is -4.45. The topological polar surface area (TPSA) is 78.9 Å². The van der Waals surface area contributed by atoms with Gasteiger partial charge in [0.25, 0.3) is 0 Å². The Morgan fingerprint density at radius 3 is 0.985 bits per heavy atom. The van der Waals surface area contributed by atoms with E-state index in [4.69, 9.17) is 14.2 Å². The molecule has 0 spiro atoms. The minimum atomic E-state index is -0.798. The van der Waals surface area contributed by atoms with Crippen molar-refractivity contribution < 1.29 is 28.6 Å². The average Bonchev–Trinajstić information content (AvgIpc) is 3.33. The van der Waals surface area contributed by atoms with Crippen LogP contribution in [0.2, 0.25) is 0 Å². The van der Waals surface area contributed by atoms with Crippen LogP contribution in [0.15, 0.2) is 134 Å². The summed E-state index contributed by atoms with van der Waals surface area (Å²) in [5, 5.41) is 0. The van der Waals surface area contributed by atoms with E-state index in [-0.39, 0.29) is 31.1 Å². The highest BCUT2D eigenvalue weighted by Gasteiger charge is 2.19. The fourth-order valence-electron chi connectivity index (χ4n) is 6.65. The van der Waals surface area contributed by atoms with Crippen molar-refractivity contribution in [1.82, 2.24) is 0 Å². The lowest BCUT2D eigenvalue weighted by Crippen LogP contribution is -2.30. The molecule has 0 fully saturated rings. The Bertz CT molecular complexity index is 1480. The number of ether oxygens (including phenoxy) is 3. The molecule has 6 nitrogen and oxygen atoms in total. The van der Waals surface area contributed by atoms with Gasteiger partial charge in [-0.2, -0.15) is 0 Å². The van der Waals surface area contributed by atoms with Crippen molar-refractivity contribution in [3.63, 3.8) is 0 Å². The van der Waals surface area contributed by atoms with E-state index in [9.17, 15) is 14.4 Å². The molecule has 0 amide bonds. The molecule has 0 radical (unpaired) electrons. The molecule has 0 heterocycles. The van der Waals surface area contributed by atoms with Crippen LogP contribution in [-0.4, -0.2) is 37.2 Å². The Kier molecular flexibility index (Phi) is 50.6. The van der Waals surface area contributed by atoms with Gasteiger partial charge >= 0.3 is 17.9 Å². The van der Waals surface area contributed by atoms with Gasteiger partial charge in [0.15, 0.2) is 6.10 Å². The minimum Gasteiger partial charge on any atom is -0.462 e. The molecule has 376 valence electrons. The first kappa shape index (κ1) is 62.5. The van der Waals surface area contributed by atoms with Gasteiger partial charge in [0.2, 0.25) is 0 Å². The molecule has 0 aliphatic heterocycles. The van der Waals surface area contributed by atoms with Crippen LogP contribution in [0.1, 0.15) is 213 Å². The van der Waals surface area contributed by atoms with Gasteiger partial charge in [0, 0.05) is 19.3 Å². The number of carbonyl (C=O) groups is 3. The number of carbonyl (C=O) groups excluding carboxylic acids is 3. The Balaban J connectivity index is 4.20. The largest absolute Gasteiger partial charge is 0.462 e. The van der Waals surface area contributed by atoms with Gasteiger partial charge in [0.05, 0.1) is 0 Å². The molecule has 0 aliphatic rings. The summed E-state index contributed by atoms with van der Waals surface area (Å²) in [5.41, 5.74) is 0. The maximum Gasteiger partial charge on any atom is 0.306 e.